The zero-order valence-electron chi connectivity index (χ0n) is 22.1. The third kappa shape index (κ3) is 5.60. The largest absolute Gasteiger partial charge is 0.493 e. The fourth-order valence-electron chi connectivity index (χ4n) is 4.34. The van der Waals surface area contributed by atoms with E-state index in [1.54, 1.807) is 36.4 Å². The first kappa shape index (κ1) is 26.7. The van der Waals surface area contributed by atoms with Crippen molar-refractivity contribution >= 4 is 40.6 Å². The number of esters is 1. The number of benzene rings is 4. The maximum absolute atomic E-state index is 13.3. The van der Waals surface area contributed by atoms with Gasteiger partial charge in [0, 0.05) is 27.1 Å². The van der Waals surface area contributed by atoms with E-state index in [9.17, 15) is 9.59 Å². The molecule has 0 aliphatic carbocycles. The van der Waals surface area contributed by atoms with Crippen LogP contribution in [0.3, 0.4) is 0 Å². The lowest BCUT2D eigenvalue weighted by atomic mass is 10.0. The Morgan fingerprint density at radius 1 is 0.900 bits per heavy atom. The number of aromatic nitrogens is 1. The number of halogens is 1. The molecule has 8 heteroatoms. The summed E-state index contributed by atoms with van der Waals surface area (Å²) in [5.41, 5.74) is 8.38. The van der Waals surface area contributed by atoms with Crippen molar-refractivity contribution in [2.24, 2.45) is 5.10 Å². The van der Waals surface area contributed by atoms with E-state index in [4.69, 9.17) is 21.1 Å². The molecule has 0 saturated heterocycles. The van der Waals surface area contributed by atoms with E-state index in [0.29, 0.717) is 33.2 Å². The molecular weight excluding hydrogens is 526 g/mol. The molecule has 0 bridgehead atoms. The topological polar surface area (TPSA) is 92.8 Å². The summed E-state index contributed by atoms with van der Waals surface area (Å²) in [6, 6.07) is 25.4. The van der Waals surface area contributed by atoms with Gasteiger partial charge in [-0.05, 0) is 67.9 Å². The Labute approximate surface area is 236 Å². The highest BCUT2D eigenvalue weighted by Gasteiger charge is 2.21. The Bertz CT molecular complexity index is 1760. The number of carbonyl (C=O) groups excluding carboxylic acids is 2. The lowest BCUT2D eigenvalue weighted by Gasteiger charge is -2.10. The average molecular weight is 552 g/mol. The molecule has 1 heterocycles. The highest BCUT2D eigenvalue weighted by atomic mass is 35.5. The normalized spacial score (nSPS) is 11.1. The first-order valence-electron chi connectivity index (χ1n) is 12.5. The van der Waals surface area contributed by atoms with Crippen LogP contribution in [0.5, 0.6) is 11.5 Å². The molecule has 0 radical (unpaired) electrons. The zero-order valence-corrected chi connectivity index (χ0v) is 22.9. The molecule has 5 rings (SSSR count). The van der Waals surface area contributed by atoms with Gasteiger partial charge in [-0.3, -0.25) is 4.79 Å². The van der Waals surface area contributed by atoms with Gasteiger partial charge in [-0.1, -0.05) is 59.1 Å². The minimum absolute atomic E-state index is 0.270. The van der Waals surface area contributed by atoms with Gasteiger partial charge in [0.05, 0.1) is 18.9 Å². The molecule has 1 amide bonds. The summed E-state index contributed by atoms with van der Waals surface area (Å²) >= 11 is 6.51. The van der Waals surface area contributed by atoms with E-state index >= 15 is 0 Å². The third-order valence-electron chi connectivity index (χ3n) is 6.38. The van der Waals surface area contributed by atoms with Gasteiger partial charge in [0.15, 0.2) is 11.5 Å². The number of hydrogen-bond donors (Lipinski definition) is 2. The van der Waals surface area contributed by atoms with E-state index in [1.165, 1.54) is 13.3 Å². The molecule has 0 atom stereocenters. The smallest absolute Gasteiger partial charge is 0.343 e. The maximum atomic E-state index is 13.3. The van der Waals surface area contributed by atoms with Crippen LogP contribution < -0.4 is 14.9 Å². The maximum Gasteiger partial charge on any atom is 0.343 e. The quantitative estimate of drug-likeness (QED) is 0.0976. The van der Waals surface area contributed by atoms with Gasteiger partial charge in [-0.25, -0.2) is 10.2 Å². The molecule has 0 saturated carbocycles. The molecule has 5 aromatic rings. The molecule has 1 aromatic heterocycles. The molecule has 0 fully saturated rings. The second-order valence-corrected chi connectivity index (χ2v) is 9.68. The number of nitrogens with one attached hydrogen (secondary N) is 2. The van der Waals surface area contributed by atoms with Crippen LogP contribution in [0.1, 0.15) is 37.5 Å². The van der Waals surface area contributed by atoms with E-state index in [1.807, 2.05) is 62.4 Å². The van der Waals surface area contributed by atoms with Crippen LogP contribution in [0.2, 0.25) is 5.02 Å². The van der Waals surface area contributed by atoms with Gasteiger partial charge in [0.25, 0.3) is 5.91 Å². The van der Waals surface area contributed by atoms with Gasteiger partial charge < -0.3 is 14.5 Å². The van der Waals surface area contributed by atoms with Gasteiger partial charge in [-0.2, -0.15) is 5.10 Å². The Kier molecular flexibility index (Phi) is 7.66. The van der Waals surface area contributed by atoms with Crippen LogP contribution >= 0.6 is 11.6 Å². The number of aromatic amines is 1. The number of fused-ring (bicyclic) bond motifs is 1. The minimum Gasteiger partial charge on any atom is -0.493 e. The molecule has 2 N–H and O–H groups in total. The molecule has 7 nitrogen and oxygen atoms in total. The molecule has 200 valence electrons. The van der Waals surface area contributed by atoms with Crippen molar-refractivity contribution in [1.82, 2.24) is 10.4 Å². The molecule has 0 aliphatic heterocycles. The molecule has 0 unspecified atom stereocenters. The van der Waals surface area contributed by atoms with E-state index in [2.05, 4.69) is 15.5 Å². The first-order chi connectivity index (χ1) is 19.3. The van der Waals surface area contributed by atoms with Crippen molar-refractivity contribution in [3.8, 4) is 22.6 Å². The van der Waals surface area contributed by atoms with Gasteiger partial charge in [0.1, 0.15) is 5.69 Å². The molecule has 0 spiro atoms. The number of amides is 1. The second kappa shape index (κ2) is 11.5. The summed E-state index contributed by atoms with van der Waals surface area (Å²) in [4.78, 5) is 29.0. The van der Waals surface area contributed by atoms with Gasteiger partial charge in [0.2, 0.25) is 0 Å². The van der Waals surface area contributed by atoms with Crippen LogP contribution in [0.15, 0.2) is 90.0 Å². The SMILES string of the molecule is COc1cc(C=NNC(=O)c2[nH]c3ccc(C)cc3c2-c2ccccc2Cl)ccc1OC(=O)c1ccc(C)cc1. The fraction of sp³-hybridized carbons (Fsp3) is 0.0938. The molecular formula is C32H26ClN3O4. The number of carbonyl (C=O) groups is 2. The van der Waals surface area contributed by atoms with E-state index in [-0.39, 0.29) is 5.75 Å². The summed E-state index contributed by atoms with van der Waals surface area (Å²) in [6.45, 7) is 3.94. The lowest BCUT2D eigenvalue weighted by Crippen LogP contribution is -2.19. The highest BCUT2D eigenvalue weighted by molar-refractivity contribution is 6.34. The Morgan fingerprint density at radius 3 is 2.40 bits per heavy atom. The standard InChI is InChI=1S/C32H26ClN3O4/c1-19-8-12-22(13-9-19)32(38)40-27-15-11-21(17-28(27)39-3)18-34-36-31(37)30-29(23-6-4-5-7-25(23)33)24-16-20(2)10-14-26(24)35-30/h4-18,35H,1-3H3,(H,36,37). The third-order valence-corrected chi connectivity index (χ3v) is 6.71. The van der Waals surface area contributed by atoms with E-state index < -0.39 is 11.9 Å². The Balaban J connectivity index is 1.36. The summed E-state index contributed by atoms with van der Waals surface area (Å²) in [5, 5.41) is 5.57. The molecule has 0 aliphatic rings. The number of rotatable bonds is 7. The Morgan fingerprint density at radius 2 is 1.65 bits per heavy atom. The predicted molar refractivity (Wildman–Crippen MR) is 158 cm³/mol. The van der Waals surface area contributed by atoms with Crippen LogP contribution in [0.4, 0.5) is 0 Å². The number of hydrazone groups is 1. The van der Waals surface area contributed by atoms with Crippen molar-refractivity contribution < 1.29 is 19.1 Å². The number of ether oxygens (including phenoxy) is 2. The minimum atomic E-state index is -0.491. The summed E-state index contributed by atoms with van der Waals surface area (Å²) in [6.07, 6.45) is 1.48. The monoisotopic (exact) mass is 551 g/mol. The first-order valence-corrected chi connectivity index (χ1v) is 12.9. The lowest BCUT2D eigenvalue weighted by molar-refractivity contribution is 0.0729. The zero-order chi connectivity index (χ0) is 28.2. The van der Waals surface area contributed by atoms with E-state index in [0.717, 1.165) is 27.6 Å². The average Bonchev–Trinajstić information content (AvgIpc) is 3.32. The van der Waals surface area contributed by atoms with Gasteiger partial charge in [-0.15, -0.1) is 0 Å². The van der Waals surface area contributed by atoms with Crippen LogP contribution in [-0.4, -0.2) is 30.2 Å². The predicted octanol–water partition coefficient (Wildman–Crippen LogP) is 7.10. The second-order valence-electron chi connectivity index (χ2n) is 9.27. The highest BCUT2D eigenvalue weighted by Crippen LogP contribution is 2.37. The number of H-pyrrole nitrogens is 1. The van der Waals surface area contributed by atoms with Crippen molar-refractivity contribution in [3.63, 3.8) is 0 Å². The molecule has 4 aromatic carbocycles. The number of methoxy groups -OCH3 is 1. The van der Waals surface area contributed by atoms with Crippen molar-refractivity contribution in [3.05, 3.63) is 118 Å². The number of aryl methyl sites for hydroxylation is 2. The summed E-state index contributed by atoms with van der Waals surface area (Å²) in [5.74, 6) is -0.291. The van der Waals surface area contributed by atoms with Crippen molar-refractivity contribution in [2.45, 2.75) is 13.8 Å². The van der Waals surface area contributed by atoms with Gasteiger partial charge >= 0.3 is 5.97 Å². The summed E-state index contributed by atoms with van der Waals surface area (Å²) < 4.78 is 10.9. The number of nitrogens with zero attached hydrogens (tertiary/aromatic N) is 1. The Hall–Kier alpha value is -4.88. The fourth-order valence-corrected chi connectivity index (χ4v) is 4.57. The van der Waals surface area contributed by atoms with Crippen molar-refractivity contribution in [2.75, 3.05) is 7.11 Å². The van der Waals surface area contributed by atoms with Crippen LogP contribution in [0.25, 0.3) is 22.0 Å². The van der Waals surface area contributed by atoms with Crippen LogP contribution in [0, 0.1) is 13.8 Å². The number of hydrogen-bond acceptors (Lipinski definition) is 5. The van der Waals surface area contributed by atoms with Crippen LogP contribution in [-0.2, 0) is 0 Å². The summed E-state index contributed by atoms with van der Waals surface area (Å²) in [7, 11) is 1.48. The molecule has 40 heavy (non-hydrogen) atoms. The van der Waals surface area contributed by atoms with Crippen molar-refractivity contribution in [1.29, 1.82) is 0 Å².